The second-order valence-corrected chi connectivity index (χ2v) is 5.17. The van der Waals surface area contributed by atoms with Gasteiger partial charge in [-0.2, -0.15) is 0 Å². The lowest BCUT2D eigenvalue weighted by molar-refractivity contribution is 0.0939. The molecule has 1 amide bonds. The van der Waals surface area contributed by atoms with Gasteiger partial charge in [0, 0.05) is 26.8 Å². The Kier molecular flexibility index (Phi) is 5.76. The van der Waals surface area contributed by atoms with Gasteiger partial charge in [-0.05, 0) is 31.4 Å². The average Bonchev–Trinajstić information content (AvgIpc) is 2.35. The molecule has 1 rings (SSSR count). The summed E-state index contributed by atoms with van der Waals surface area (Å²) in [5, 5.41) is 12.2. The zero-order chi connectivity index (χ0) is 14.4. The van der Waals surface area contributed by atoms with Crippen LogP contribution in [0.15, 0.2) is 18.3 Å². The van der Waals surface area contributed by atoms with Crippen molar-refractivity contribution >= 4 is 11.7 Å². The van der Waals surface area contributed by atoms with Crippen molar-refractivity contribution in [3.8, 4) is 0 Å². The molecule has 1 aromatic rings. The van der Waals surface area contributed by atoms with Gasteiger partial charge in [0.25, 0.3) is 5.91 Å². The number of aliphatic hydroxyl groups excluding tert-OH is 1. The number of nitrogens with one attached hydrogen (secondary N) is 1. The highest BCUT2D eigenvalue weighted by Crippen LogP contribution is 2.14. The van der Waals surface area contributed by atoms with Crippen LogP contribution < -0.4 is 10.2 Å². The van der Waals surface area contributed by atoms with Crippen molar-refractivity contribution in [3.63, 3.8) is 0 Å². The maximum Gasteiger partial charge on any atom is 0.255 e. The standard InChI is InChI=1S/C14H23N3O2/c1-10(8-11(2)18)9-16-14(19)12-6-5-7-15-13(12)17(3)4/h5-7,10-11,18H,8-9H2,1-4H3,(H,16,19). The van der Waals surface area contributed by atoms with E-state index < -0.39 is 0 Å². The second kappa shape index (κ2) is 7.09. The molecular formula is C14H23N3O2. The summed E-state index contributed by atoms with van der Waals surface area (Å²) in [5.74, 6) is 0.765. The number of pyridine rings is 1. The molecule has 0 fully saturated rings. The van der Waals surface area contributed by atoms with Crippen LogP contribution in [0.3, 0.4) is 0 Å². The molecule has 2 N–H and O–H groups in total. The molecule has 1 aromatic heterocycles. The number of carbonyl (C=O) groups is 1. The Bertz CT molecular complexity index is 419. The number of amides is 1. The van der Waals surface area contributed by atoms with Crippen LogP contribution in [0.25, 0.3) is 0 Å². The number of carbonyl (C=O) groups excluding carboxylic acids is 1. The van der Waals surface area contributed by atoms with Gasteiger partial charge in [-0.3, -0.25) is 4.79 Å². The highest BCUT2D eigenvalue weighted by Gasteiger charge is 2.14. The van der Waals surface area contributed by atoms with Crippen LogP contribution in [-0.2, 0) is 0 Å². The van der Waals surface area contributed by atoms with Crippen molar-refractivity contribution in [2.75, 3.05) is 25.5 Å². The molecule has 2 unspecified atom stereocenters. The summed E-state index contributed by atoms with van der Waals surface area (Å²) in [6, 6.07) is 3.51. The van der Waals surface area contributed by atoms with Gasteiger partial charge >= 0.3 is 0 Å². The molecule has 0 aromatic carbocycles. The van der Waals surface area contributed by atoms with Crippen LogP contribution in [0.4, 0.5) is 5.82 Å². The molecule has 0 saturated carbocycles. The minimum atomic E-state index is -0.345. The lowest BCUT2D eigenvalue weighted by Gasteiger charge is -2.17. The average molecular weight is 265 g/mol. The number of hydrogen-bond acceptors (Lipinski definition) is 4. The van der Waals surface area contributed by atoms with E-state index in [9.17, 15) is 9.90 Å². The molecule has 0 saturated heterocycles. The Hall–Kier alpha value is -1.62. The van der Waals surface area contributed by atoms with Crippen LogP contribution >= 0.6 is 0 Å². The summed E-state index contributed by atoms with van der Waals surface area (Å²) in [5.41, 5.74) is 0.566. The Morgan fingerprint density at radius 2 is 2.16 bits per heavy atom. The van der Waals surface area contributed by atoms with Crippen molar-refractivity contribution in [2.45, 2.75) is 26.4 Å². The number of aromatic nitrogens is 1. The highest BCUT2D eigenvalue weighted by molar-refractivity contribution is 5.98. The third-order valence-electron chi connectivity index (χ3n) is 2.81. The zero-order valence-corrected chi connectivity index (χ0v) is 12.1. The predicted molar refractivity (Wildman–Crippen MR) is 76.4 cm³/mol. The molecule has 1 heterocycles. The molecule has 0 bridgehead atoms. The normalized spacial score (nSPS) is 13.7. The van der Waals surface area contributed by atoms with E-state index in [1.165, 1.54) is 0 Å². The van der Waals surface area contributed by atoms with E-state index in [4.69, 9.17) is 0 Å². The van der Waals surface area contributed by atoms with E-state index in [0.717, 1.165) is 0 Å². The summed E-state index contributed by atoms with van der Waals surface area (Å²) in [6.07, 6.45) is 2.00. The maximum atomic E-state index is 12.1. The Labute approximate surface area is 114 Å². The first-order valence-corrected chi connectivity index (χ1v) is 6.50. The quantitative estimate of drug-likeness (QED) is 0.813. The lowest BCUT2D eigenvalue weighted by Crippen LogP contribution is -2.31. The fourth-order valence-corrected chi connectivity index (χ4v) is 1.96. The minimum Gasteiger partial charge on any atom is -0.393 e. The van der Waals surface area contributed by atoms with E-state index in [1.54, 1.807) is 25.3 Å². The summed E-state index contributed by atoms with van der Waals surface area (Å²) < 4.78 is 0. The molecule has 0 aliphatic rings. The minimum absolute atomic E-state index is 0.130. The Morgan fingerprint density at radius 3 is 2.74 bits per heavy atom. The first kappa shape index (κ1) is 15.4. The van der Waals surface area contributed by atoms with Crippen LogP contribution in [-0.4, -0.2) is 42.7 Å². The fourth-order valence-electron chi connectivity index (χ4n) is 1.96. The summed E-state index contributed by atoms with van der Waals surface area (Å²) >= 11 is 0. The first-order chi connectivity index (χ1) is 8.91. The SMILES string of the molecule is CC(O)CC(C)CNC(=O)c1cccnc1N(C)C. The number of nitrogens with zero attached hydrogens (tertiary/aromatic N) is 2. The van der Waals surface area contributed by atoms with Crippen molar-refractivity contribution < 1.29 is 9.90 Å². The summed E-state index contributed by atoms with van der Waals surface area (Å²) in [7, 11) is 3.71. The number of aliphatic hydroxyl groups is 1. The van der Waals surface area contributed by atoms with E-state index in [1.807, 2.05) is 25.9 Å². The largest absolute Gasteiger partial charge is 0.393 e. The molecule has 5 nitrogen and oxygen atoms in total. The molecule has 19 heavy (non-hydrogen) atoms. The molecule has 5 heteroatoms. The highest BCUT2D eigenvalue weighted by atomic mass is 16.3. The Balaban J connectivity index is 2.64. The topological polar surface area (TPSA) is 65.5 Å². The van der Waals surface area contributed by atoms with Crippen LogP contribution in [0.5, 0.6) is 0 Å². The lowest BCUT2D eigenvalue weighted by atomic mass is 10.0. The Morgan fingerprint density at radius 1 is 1.47 bits per heavy atom. The van der Waals surface area contributed by atoms with Gasteiger partial charge in [0.15, 0.2) is 0 Å². The molecule has 0 spiro atoms. The van der Waals surface area contributed by atoms with Crippen molar-refractivity contribution in [1.82, 2.24) is 10.3 Å². The molecule has 2 atom stereocenters. The third kappa shape index (κ3) is 4.87. The predicted octanol–water partition coefficient (Wildman–Crippen LogP) is 1.28. The van der Waals surface area contributed by atoms with Gasteiger partial charge in [-0.25, -0.2) is 4.98 Å². The second-order valence-electron chi connectivity index (χ2n) is 5.17. The molecular weight excluding hydrogens is 242 g/mol. The van der Waals surface area contributed by atoms with Crippen LogP contribution in [0.1, 0.15) is 30.6 Å². The summed E-state index contributed by atoms with van der Waals surface area (Å²) in [4.78, 5) is 18.1. The van der Waals surface area contributed by atoms with Crippen LogP contribution in [0.2, 0.25) is 0 Å². The fraction of sp³-hybridized carbons (Fsp3) is 0.571. The van der Waals surface area contributed by atoms with E-state index in [0.29, 0.717) is 24.3 Å². The molecule has 0 radical (unpaired) electrons. The van der Waals surface area contributed by atoms with Gasteiger partial charge in [-0.15, -0.1) is 0 Å². The van der Waals surface area contributed by atoms with Crippen LogP contribution in [0, 0.1) is 5.92 Å². The van der Waals surface area contributed by atoms with Crippen molar-refractivity contribution in [1.29, 1.82) is 0 Å². The van der Waals surface area contributed by atoms with Gasteiger partial charge in [0.1, 0.15) is 5.82 Å². The smallest absolute Gasteiger partial charge is 0.255 e. The van der Waals surface area contributed by atoms with E-state index in [2.05, 4.69) is 10.3 Å². The molecule has 106 valence electrons. The van der Waals surface area contributed by atoms with Crippen molar-refractivity contribution in [3.05, 3.63) is 23.9 Å². The van der Waals surface area contributed by atoms with E-state index in [-0.39, 0.29) is 17.9 Å². The number of anilines is 1. The number of rotatable bonds is 6. The van der Waals surface area contributed by atoms with Gasteiger partial charge in [0.2, 0.25) is 0 Å². The van der Waals surface area contributed by atoms with Gasteiger partial charge in [0.05, 0.1) is 11.7 Å². The monoisotopic (exact) mass is 265 g/mol. The van der Waals surface area contributed by atoms with Gasteiger partial charge in [-0.1, -0.05) is 6.92 Å². The zero-order valence-electron chi connectivity index (χ0n) is 12.1. The molecule has 0 aliphatic carbocycles. The number of hydrogen-bond donors (Lipinski definition) is 2. The molecule has 0 aliphatic heterocycles. The third-order valence-corrected chi connectivity index (χ3v) is 2.81. The maximum absolute atomic E-state index is 12.1. The van der Waals surface area contributed by atoms with E-state index >= 15 is 0 Å². The van der Waals surface area contributed by atoms with Gasteiger partial charge < -0.3 is 15.3 Å². The first-order valence-electron chi connectivity index (χ1n) is 6.50. The van der Waals surface area contributed by atoms with Crippen molar-refractivity contribution in [2.24, 2.45) is 5.92 Å². The summed E-state index contributed by atoms with van der Waals surface area (Å²) in [6.45, 7) is 4.30.